The predicted octanol–water partition coefficient (Wildman–Crippen LogP) is 2.64. The molecule has 0 radical (unpaired) electrons. The van der Waals surface area contributed by atoms with Crippen molar-refractivity contribution in [1.29, 1.82) is 0 Å². The number of nitrogens with zero attached hydrogens (tertiary/aromatic N) is 1. The molecule has 8 heteroatoms. The maximum absolute atomic E-state index is 12.9. The van der Waals surface area contributed by atoms with Crippen LogP contribution in [0.2, 0.25) is 0 Å². The quantitative estimate of drug-likeness (QED) is 0.648. The summed E-state index contributed by atoms with van der Waals surface area (Å²) >= 11 is 4.80. The van der Waals surface area contributed by atoms with Crippen molar-refractivity contribution in [3.05, 3.63) is 23.0 Å². The van der Waals surface area contributed by atoms with E-state index in [4.69, 9.17) is 18.0 Å². The number of hydrogen-bond acceptors (Lipinski definition) is 3. The SMILES string of the molecule is Cc1cc(NCC(F)(F)C(F)F)c(C(N)=S)c(C)n1. The molecule has 1 heterocycles. The first-order valence-corrected chi connectivity index (χ1v) is 5.74. The number of anilines is 1. The number of thiocarbonyl (C=S) groups is 1. The van der Waals surface area contributed by atoms with Crippen LogP contribution in [0.1, 0.15) is 17.0 Å². The topological polar surface area (TPSA) is 50.9 Å². The summed E-state index contributed by atoms with van der Waals surface area (Å²) in [4.78, 5) is 4.06. The first-order valence-electron chi connectivity index (χ1n) is 5.33. The third kappa shape index (κ3) is 3.76. The van der Waals surface area contributed by atoms with Crippen LogP contribution in [-0.4, -0.2) is 28.9 Å². The van der Waals surface area contributed by atoms with Gasteiger partial charge in [0, 0.05) is 17.1 Å². The zero-order chi connectivity index (χ0) is 14.8. The predicted molar refractivity (Wildman–Crippen MR) is 69.0 cm³/mol. The Morgan fingerprint density at radius 1 is 1.47 bits per heavy atom. The molecule has 1 rings (SSSR count). The molecule has 0 fully saturated rings. The van der Waals surface area contributed by atoms with Crippen molar-refractivity contribution in [3.63, 3.8) is 0 Å². The van der Waals surface area contributed by atoms with Gasteiger partial charge in [0.1, 0.15) is 4.99 Å². The van der Waals surface area contributed by atoms with Gasteiger partial charge in [-0.3, -0.25) is 4.98 Å². The van der Waals surface area contributed by atoms with Gasteiger partial charge >= 0.3 is 12.3 Å². The number of halogens is 4. The molecule has 0 saturated heterocycles. The largest absolute Gasteiger partial charge is 0.389 e. The Bertz CT molecular complexity index is 491. The fraction of sp³-hybridized carbons (Fsp3) is 0.455. The van der Waals surface area contributed by atoms with Crippen molar-refractivity contribution in [2.24, 2.45) is 5.73 Å². The maximum atomic E-state index is 12.9. The molecule has 3 nitrogen and oxygen atoms in total. The first kappa shape index (κ1) is 15.6. The lowest BCUT2D eigenvalue weighted by atomic mass is 10.1. The summed E-state index contributed by atoms with van der Waals surface area (Å²) in [5.41, 5.74) is 6.94. The van der Waals surface area contributed by atoms with Gasteiger partial charge in [-0.05, 0) is 19.9 Å². The zero-order valence-corrected chi connectivity index (χ0v) is 11.1. The Kier molecular flexibility index (Phi) is 4.67. The Morgan fingerprint density at radius 3 is 2.53 bits per heavy atom. The van der Waals surface area contributed by atoms with E-state index in [2.05, 4.69) is 10.3 Å². The number of alkyl halides is 4. The van der Waals surface area contributed by atoms with Crippen LogP contribution in [-0.2, 0) is 0 Å². The fourth-order valence-electron chi connectivity index (χ4n) is 1.57. The first-order chi connectivity index (χ1) is 8.65. The molecule has 0 aromatic carbocycles. The standard InChI is InChI=1S/C11H13F4N3S/c1-5-3-7(8(9(16)19)6(2)18-5)17-4-11(14,15)10(12)13/h3,10H,4H2,1-2H3,(H2,16,19)(H,17,18). The van der Waals surface area contributed by atoms with Crippen molar-refractivity contribution in [2.45, 2.75) is 26.2 Å². The van der Waals surface area contributed by atoms with Crippen LogP contribution >= 0.6 is 12.2 Å². The lowest BCUT2D eigenvalue weighted by molar-refractivity contribution is -0.117. The molecule has 0 aliphatic rings. The molecule has 0 saturated carbocycles. The Balaban J connectivity index is 3.04. The molecule has 106 valence electrons. The number of nitrogens with two attached hydrogens (primary N) is 1. The number of pyridine rings is 1. The van der Waals surface area contributed by atoms with Gasteiger partial charge in [-0.1, -0.05) is 12.2 Å². The number of aryl methyl sites for hydroxylation is 2. The highest BCUT2D eigenvalue weighted by molar-refractivity contribution is 7.80. The summed E-state index contributed by atoms with van der Waals surface area (Å²) in [6, 6.07) is 1.43. The highest BCUT2D eigenvalue weighted by atomic mass is 32.1. The molecule has 0 amide bonds. The van der Waals surface area contributed by atoms with Gasteiger partial charge in [0.15, 0.2) is 0 Å². The van der Waals surface area contributed by atoms with Crippen molar-refractivity contribution >= 4 is 22.9 Å². The van der Waals surface area contributed by atoms with Gasteiger partial charge < -0.3 is 11.1 Å². The molecule has 0 spiro atoms. The van der Waals surface area contributed by atoms with Crippen molar-refractivity contribution in [1.82, 2.24) is 4.98 Å². The van der Waals surface area contributed by atoms with Crippen LogP contribution in [0, 0.1) is 13.8 Å². The van der Waals surface area contributed by atoms with Crippen LogP contribution in [0.4, 0.5) is 23.2 Å². The smallest absolute Gasteiger partial charge is 0.324 e. The normalized spacial score (nSPS) is 11.7. The van der Waals surface area contributed by atoms with Crippen LogP contribution in [0.5, 0.6) is 0 Å². The molecule has 19 heavy (non-hydrogen) atoms. The van der Waals surface area contributed by atoms with Gasteiger partial charge in [0.05, 0.1) is 12.1 Å². The van der Waals surface area contributed by atoms with Crippen LogP contribution in [0.3, 0.4) is 0 Å². The highest BCUT2D eigenvalue weighted by Gasteiger charge is 2.40. The lowest BCUT2D eigenvalue weighted by Gasteiger charge is -2.19. The third-order valence-corrected chi connectivity index (χ3v) is 2.61. The summed E-state index contributed by atoms with van der Waals surface area (Å²) < 4.78 is 49.9. The summed E-state index contributed by atoms with van der Waals surface area (Å²) in [6.07, 6.45) is -3.74. The fourth-order valence-corrected chi connectivity index (χ4v) is 1.83. The molecule has 0 aliphatic heterocycles. The number of rotatable bonds is 5. The van der Waals surface area contributed by atoms with E-state index in [0.29, 0.717) is 11.4 Å². The van der Waals surface area contributed by atoms with E-state index in [1.54, 1.807) is 13.8 Å². The molecule has 1 aromatic heterocycles. The maximum Gasteiger partial charge on any atom is 0.324 e. The van der Waals surface area contributed by atoms with Gasteiger partial charge in [-0.2, -0.15) is 8.78 Å². The van der Waals surface area contributed by atoms with Crippen LogP contribution < -0.4 is 11.1 Å². The van der Waals surface area contributed by atoms with E-state index in [1.807, 2.05) is 0 Å². The zero-order valence-electron chi connectivity index (χ0n) is 10.3. The van der Waals surface area contributed by atoms with Crippen LogP contribution in [0.15, 0.2) is 6.07 Å². The second-order valence-corrected chi connectivity index (χ2v) is 4.49. The van der Waals surface area contributed by atoms with E-state index >= 15 is 0 Å². The Morgan fingerprint density at radius 2 is 2.05 bits per heavy atom. The summed E-state index contributed by atoms with van der Waals surface area (Å²) in [7, 11) is 0. The minimum Gasteiger partial charge on any atom is -0.389 e. The summed E-state index contributed by atoms with van der Waals surface area (Å²) in [5, 5.41) is 2.26. The van der Waals surface area contributed by atoms with Gasteiger partial charge in [0.25, 0.3) is 0 Å². The number of aromatic nitrogens is 1. The van der Waals surface area contributed by atoms with E-state index in [9.17, 15) is 17.6 Å². The van der Waals surface area contributed by atoms with Crippen LogP contribution in [0.25, 0.3) is 0 Å². The lowest BCUT2D eigenvalue weighted by Crippen LogP contribution is -2.35. The minimum atomic E-state index is -4.13. The van der Waals surface area contributed by atoms with E-state index in [-0.39, 0.29) is 16.2 Å². The van der Waals surface area contributed by atoms with Gasteiger partial charge in [-0.15, -0.1) is 0 Å². The second-order valence-electron chi connectivity index (χ2n) is 4.05. The average molecular weight is 295 g/mol. The van der Waals surface area contributed by atoms with Gasteiger partial charge in [-0.25, -0.2) is 8.78 Å². The summed E-state index contributed by atoms with van der Waals surface area (Å²) in [5.74, 6) is -4.13. The molecule has 3 N–H and O–H groups in total. The van der Waals surface area contributed by atoms with E-state index in [0.717, 1.165) is 0 Å². The Labute approximate surface area is 113 Å². The number of hydrogen-bond donors (Lipinski definition) is 2. The van der Waals surface area contributed by atoms with Gasteiger partial charge in [0.2, 0.25) is 0 Å². The minimum absolute atomic E-state index is 0.0344. The van der Waals surface area contributed by atoms with E-state index < -0.39 is 18.9 Å². The Hall–Kier alpha value is -1.44. The molecule has 0 aliphatic carbocycles. The molecule has 0 unspecified atom stereocenters. The second kappa shape index (κ2) is 5.68. The molecule has 1 aromatic rings. The van der Waals surface area contributed by atoms with Crippen molar-refractivity contribution in [3.8, 4) is 0 Å². The molecular formula is C11H13F4N3S. The molecule has 0 bridgehead atoms. The molecule has 0 atom stereocenters. The van der Waals surface area contributed by atoms with Crippen molar-refractivity contribution in [2.75, 3.05) is 11.9 Å². The summed E-state index contributed by atoms with van der Waals surface area (Å²) in [6.45, 7) is 2.05. The molecular weight excluding hydrogens is 282 g/mol. The third-order valence-electron chi connectivity index (χ3n) is 2.41. The monoisotopic (exact) mass is 295 g/mol. The van der Waals surface area contributed by atoms with E-state index in [1.165, 1.54) is 6.07 Å². The number of nitrogens with one attached hydrogen (secondary N) is 1. The van der Waals surface area contributed by atoms with Crippen molar-refractivity contribution < 1.29 is 17.6 Å². The average Bonchev–Trinajstić information content (AvgIpc) is 2.24. The highest BCUT2D eigenvalue weighted by Crippen LogP contribution is 2.25.